The lowest BCUT2D eigenvalue weighted by molar-refractivity contribution is -0.145. The van der Waals surface area contributed by atoms with Gasteiger partial charge in [0.2, 0.25) is 5.91 Å². The van der Waals surface area contributed by atoms with E-state index in [0.29, 0.717) is 17.8 Å². The van der Waals surface area contributed by atoms with E-state index in [2.05, 4.69) is 5.32 Å². The fourth-order valence-electron chi connectivity index (χ4n) is 2.03. The Balaban J connectivity index is 2.85. The van der Waals surface area contributed by atoms with Crippen LogP contribution in [-0.2, 0) is 9.59 Å². The van der Waals surface area contributed by atoms with Crippen molar-refractivity contribution in [3.05, 3.63) is 22.4 Å². The zero-order valence-electron chi connectivity index (χ0n) is 13.0. The van der Waals surface area contributed by atoms with Crippen LogP contribution in [0.1, 0.15) is 36.9 Å². The summed E-state index contributed by atoms with van der Waals surface area (Å²) in [5, 5.41) is 13.4. The molecule has 122 valence electrons. The van der Waals surface area contributed by atoms with Gasteiger partial charge in [-0.25, -0.2) is 0 Å². The fraction of sp³-hybridized carbons (Fsp3) is 0.533. The third-order valence-corrected chi connectivity index (χ3v) is 3.96. The summed E-state index contributed by atoms with van der Waals surface area (Å²) >= 11 is 1.29. The van der Waals surface area contributed by atoms with Crippen molar-refractivity contribution in [3.8, 4) is 0 Å². The van der Waals surface area contributed by atoms with Crippen molar-refractivity contribution in [2.45, 2.75) is 33.2 Å². The summed E-state index contributed by atoms with van der Waals surface area (Å²) in [4.78, 5) is 37.4. The summed E-state index contributed by atoms with van der Waals surface area (Å²) in [6.45, 7) is 5.51. The molecule has 0 aromatic carbocycles. The maximum absolute atomic E-state index is 12.6. The average molecular weight is 326 g/mol. The number of nitrogens with zero attached hydrogens (tertiary/aromatic N) is 1. The molecule has 7 heteroatoms. The van der Waals surface area contributed by atoms with E-state index < -0.39 is 12.0 Å². The molecule has 1 aromatic rings. The molecule has 0 spiro atoms. The molecule has 0 bridgehead atoms. The van der Waals surface area contributed by atoms with Gasteiger partial charge in [-0.05, 0) is 23.8 Å². The van der Waals surface area contributed by atoms with Crippen LogP contribution >= 0.6 is 11.3 Å². The van der Waals surface area contributed by atoms with Crippen LogP contribution in [0.3, 0.4) is 0 Å². The van der Waals surface area contributed by atoms with E-state index in [0.717, 1.165) is 0 Å². The van der Waals surface area contributed by atoms with Crippen molar-refractivity contribution < 1.29 is 19.5 Å². The number of amides is 2. The van der Waals surface area contributed by atoms with Gasteiger partial charge in [-0.1, -0.05) is 26.8 Å². The number of thiophene rings is 1. The van der Waals surface area contributed by atoms with E-state index in [1.165, 1.54) is 16.2 Å². The quantitative estimate of drug-likeness (QED) is 0.763. The predicted molar refractivity (Wildman–Crippen MR) is 84.9 cm³/mol. The molecule has 2 amide bonds. The summed E-state index contributed by atoms with van der Waals surface area (Å²) < 4.78 is 0. The number of carboxylic acid groups (broad SMARTS) is 1. The second kappa shape index (κ2) is 8.53. The summed E-state index contributed by atoms with van der Waals surface area (Å²) in [6.07, 6.45) is 0.655. The number of carboxylic acids is 1. The monoisotopic (exact) mass is 326 g/mol. The molecule has 22 heavy (non-hydrogen) atoms. The molecule has 1 heterocycles. The normalized spacial score (nSPS) is 12.0. The largest absolute Gasteiger partial charge is 0.480 e. The van der Waals surface area contributed by atoms with Crippen LogP contribution in [0, 0.1) is 5.92 Å². The van der Waals surface area contributed by atoms with Gasteiger partial charge < -0.3 is 15.3 Å². The number of hydrogen-bond acceptors (Lipinski definition) is 4. The maximum Gasteiger partial charge on any atom is 0.323 e. The molecular formula is C15H22N2O4S. The van der Waals surface area contributed by atoms with Crippen molar-refractivity contribution >= 4 is 29.1 Å². The molecule has 6 nitrogen and oxygen atoms in total. The van der Waals surface area contributed by atoms with Crippen molar-refractivity contribution in [3.63, 3.8) is 0 Å². The minimum absolute atomic E-state index is 0.135. The van der Waals surface area contributed by atoms with Crippen LogP contribution in [0.25, 0.3) is 0 Å². The minimum atomic E-state index is -1.06. The molecular weight excluding hydrogens is 304 g/mol. The van der Waals surface area contributed by atoms with Crippen molar-refractivity contribution in [1.29, 1.82) is 0 Å². The molecule has 0 radical (unpaired) electrons. The standard InChI is InChI=1S/C15H22N2O4S/c1-4-7-17(9-12(18)19)15(21)13(10(2)3)16-14(20)11-6-5-8-22-11/h5-6,8,10,13H,4,7,9H2,1-3H3,(H,16,20)(H,18,19). The van der Waals surface area contributed by atoms with Crippen LogP contribution in [0.4, 0.5) is 0 Å². The predicted octanol–water partition coefficient (Wildman–Crippen LogP) is 1.83. The molecule has 0 fully saturated rings. The van der Waals surface area contributed by atoms with Gasteiger partial charge >= 0.3 is 5.97 Å². The van der Waals surface area contributed by atoms with E-state index in [4.69, 9.17) is 5.11 Å². The lowest BCUT2D eigenvalue weighted by Gasteiger charge is -2.28. The SMILES string of the molecule is CCCN(CC(=O)O)C(=O)C(NC(=O)c1cccs1)C(C)C. The van der Waals surface area contributed by atoms with Crippen LogP contribution in [0.15, 0.2) is 17.5 Å². The van der Waals surface area contributed by atoms with E-state index in [9.17, 15) is 14.4 Å². The summed E-state index contributed by atoms with van der Waals surface area (Å²) in [5.74, 6) is -1.86. The number of rotatable bonds is 8. The van der Waals surface area contributed by atoms with E-state index in [1.807, 2.05) is 20.8 Å². The first kappa shape index (κ1) is 18.2. The minimum Gasteiger partial charge on any atom is -0.480 e. The van der Waals surface area contributed by atoms with E-state index in [-0.39, 0.29) is 24.3 Å². The summed E-state index contributed by atoms with van der Waals surface area (Å²) in [5.41, 5.74) is 0. The van der Waals surface area contributed by atoms with Gasteiger partial charge in [-0.15, -0.1) is 11.3 Å². The Hall–Kier alpha value is -1.89. The molecule has 0 aliphatic heterocycles. The number of hydrogen-bond donors (Lipinski definition) is 2. The molecule has 2 N–H and O–H groups in total. The van der Waals surface area contributed by atoms with E-state index >= 15 is 0 Å². The number of aliphatic carboxylic acids is 1. The molecule has 0 saturated heterocycles. The smallest absolute Gasteiger partial charge is 0.323 e. The van der Waals surface area contributed by atoms with Crippen LogP contribution in [-0.4, -0.2) is 46.9 Å². The Bertz CT molecular complexity index is 514. The molecule has 1 unspecified atom stereocenters. The lowest BCUT2D eigenvalue weighted by atomic mass is 10.0. The summed E-state index contributed by atoms with van der Waals surface area (Å²) in [6, 6.07) is 2.71. The molecule has 1 aromatic heterocycles. The lowest BCUT2D eigenvalue weighted by Crippen LogP contribution is -2.52. The third kappa shape index (κ3) is 5.14. The highest BCUT2D eigenvalue weighted by Crippen LogP contribution is 2.12. The van der Waals surface area contributed by atoms with Crippen molar-refractivity contribution in [2.24, 2.45) is 5.92 Å². The van der Waals surface area contributed by atoms with Gasteiger partial charge in [0.1, 0.15) is 12.6 Å². The van der Waals surface area contributed by atoms with Gasteiger partial charge in [0.15, 0.2) is 0 Å². The average Bonchev–Trinajstić information content (AvgIpc) is 2.96. The number of nitrogens with one attached hydrogen (secondary N) is 1. The van der Waals surface area contributed by atoms with Gasteiger partial charge in [-0.3, -0.25) is 14.4 Å². The third-order valence-electron chi connectivity index (χ3n) is 3.10. The van der Waals surface area contributed by atoms with Gasteiger partial charge in [0.25, 0.3) is 5.91 Å². The molecule has 0 aliphatic rings. The van der Waals surface area contributed by atoms with E-state index in [1.54, 1.807) is 17.5 Å². The number of carbonyl (C=O) groups excluding carboxylic acids is 2. The maximum atomic E-state index is 12.6. The van der Waals surface area contributed by atoms with Gasteiger partial charge in [-0.2, -0.15) is 0 Å². The van der Waals surface area contributed by atoms with Crippen molar-refractivity contribution in [1.82, 2.24) is 10.2 Å². The highest BCUT2D eigenvalue weighted by Gasteiger charge is 2.29. The van der Waals surface area contributed by atoms with Gasteiger partial charge in [0.05, 0.1) is 4.88 Å². The first-order chi connectivity index (χ1) is 10.4. The molecule has 1 rings (SSSR count). The highest BCUT2D eigenvalue weighted by molar-refractivity contribution is 7.12. The highest BCUT2D eigenvalue weighted by atomic mass is 32.1. The number of carbonyl (C=O) groups is 3. The van der Waals surface area contributed by atoms with Crippen LogP contribution in [0.5, 0.6) is 0 Å². The van der Waals surface area contributed by atoms with Crippen LogP contribution in [0.2, 0.25) is 0 Å². The Labute approximate surface area is 134 Å². The molecule has 0 aliphatic carbocycles. The Morgan fingerprint density at radius 2 is 2.05 bits per heavy atom. The van der Waals surface area contributed by atoms with Gasteiger partial charge in [0, 0.05) is 6.54 Å². The zero-order valence-corrected chi connectivity index (χ0v) is 13.9. The second-order valence-electron chi connectivity index (χ2n) is 5.33. The first-order valence-electron chi connectivity index (χ1n) is 7.21. The second-order valence-corrected chi connectivity index (χ2v) is 6.27. The van der Waals surface area contributed by atoms with Crippen LogP contribution < -0.4 is 5.32 Å². The first-order valence-corrected chi connectivity index (χ1v) is 8.09. The topological polar surface area (TPSA) is 86.7 Å². The summed E-state index contributed by atoms with van der Waals surface area (Å²) in [7, 11) is 0. The van der Waals surface area contributed by atoms with Crippen molar-refractivity contribution in [2.75, 3.05) is 13.1 Å². The zero-order chi connectivity index (χ0) is 16.7. The Kier molecular flexibility index (Phi) is 7.04. The Morgan fingerprint density at radius 3 is 2.50 bits per heavy atom. The Morgan fingerprint density at radius 1 is 1.36 bits per heavy atom. The molecule has 1 atom stereocenters. The molecule has 0 saturated carbocycles. The fourth-order valence-corrected chi connectivity index (χ4v) is 2.66.